The van der Waals surface area contributed by atoms with Crippen LogP contribution in [0.3, 0.4) is 0 Å². The van der Waals surface area contributed by atoms with Crippen LogP contribution in [0, 0.1) is 0 Å². The first-order valence-corrected chi connectivity index (χ1v) is 15.1. The van der Waals surface area contributed by atoms with Crippen LogP contribution in [0.1, 0.15) is 48.9 Å². The van der Waals surface area contributed by atoms with Crippen molar-refractivity contribution in [2.75, 3.05) is 0 Å². The summed E-state index contributed by atoms with van der Waals surface area (Å²) in [5, 5.41) is 3.52. The van der Waals surface area contributed by atoms with Gasteiger partial charge in [0.2, 0.25) is 5.78 Å². The maximum Gasteiger partial charge on any atom is 0.292 e. The average molecular weight is 541 g/mol. The fraction of sp³-hybridized carbons (Fsp3) is 0.171. The van der Waals surface area contributed by atoms with Crippen LogP contribution >= 0.6 is 0 Å². The monoisotopic (exact) mass is 541 g/mol. The van der Waals surface area contributed by atoms with Gasteiger partial charge in [0.25, 0.3) is 6.71 Å². The Morgan fingerprint density at radius 2 is 1.52 bits per heavy atom. The SMILES string of the molecule is c1ccc(B2c3oc4ccccc4c3-n3c4c2ccc2cccc(c24)n2c4nc5c(nc4nc32)C2CCC5CC2)cc1. The second-order valence-corrected chi connectivity index (χ2v) is 12.3. The Balaban J connectivity index is 1.39. The van der Waals surface area contributed by atoms with Crippen molar-refractivity contribution < 1.29 is 4.42 Å². The molecule has 0 saturated heterocycles. The van der Waals surface area contributed by atoms with E-state index >= 15 is 0 Å². The molecule has 42 heavy (non-hydrogen) atoms. The number of hydrogen-bond acceptors (Lipinski definition) is 4. The van der Waals surface area contributed by atoms with Crippen LogP contribution in [-0.4, -0.2) is 30.6 Å². The molecule has 1 saturated carbocycles. The summed E-state index contributed by atoms with van der Waals surface area (Å²) in [5.74, 6) is 1.86. The van der Waals surface area contributed by atoms with E-state index in [1.165, 1.54) is 64.3 Å². The number of para-hydroxylation sites is 1. The van der Waals surface area contributed by atoms with Gasteiger partial charge in [-0.05, 0) is 54.7 Å². The van der Waals surface area contributed by atoms with Gasteiger partial charge in [-0.1, -0.05) is 72.2 Å². The average Bonchev–Trinajstić information content (AvgIpc) is 3.62. The summed E-state index contributed by atoms with van der Waals surface area (Å²) in [7, 11) is 0. The van der Waals surface area contributed by atoms with Gasteiger partial charge in [-0.25, -0.2) is 9.97 Å². The van der Waals surface area contributed by atoms with Crippen LogP contribution in [0.25, 0.3) is 55.5 Å². The summed E-state index contributed by atoms with van der Waals surface area (Å²) in [6.45, 7) is -0.0348. The molecule has 0 radical (unpaired) electrons. The van der Waals surface area contributed by atoms with E-state index in [2.05, 4.69) is 87.8 Å². The van der Waals surface area contributed by atoms with E-state index in [0.29, 0.717) is 11.8 Å². The molecule has 5 heterocycles. The van der Waals surface area contributed by atoms with Crippen molar-refractivity contribution in [1.82, 2.24) is 23.9 Å². The van der Waals surface area contributed by atoms with Crippen molar-refractivity contribution in [3.63, 3.8) is 0 Å². The van der Waals surface area contributed by atoms with E-state index in [0.717, 1.165) is 44.9 Å². The molecule has 4 aromatic carbocycles. The highest BCUT2D eigenvalue weighted by molar-refractivity contribution is 6.97. The summed E-state index contributed by atoms with van der Waals surface area (Å²) in [6, 6.07) is 30.3. The number of nitrogens with zero attached hydrogens (tertiary/aromatic N) is 5. The Morgan fingerprint density at radius 1 is 0.738 bits per heavy atom. The molecule has 0 unspecified atom stereocenters. The molecule has 198 valence electrons. The fourth-order valence-electron chi connectivity index (χ4n) is 8.44. The molecule has 7 heteroatoms. The van der Waals surface area contributed by atoms with E-state index in [9.17, 15) is 0 Å². The number of imidazole rings is 1. The first kappa shape index (κ1) is 21.8. The van der Waals surface area contributed by atoms with Crippen molar-refractivity contribution in [1.29, 1.82) is 0 Å². The van der Waals surface area contributed by atoms with E-state index in [-0.39, 0.29) is 6.71 Å². The normalized spacial score (nSPS) is 19.0. The second kappa shape index (κ2) is 7.48. The summed E-state index contributed by atoms with van der Waals surface area (Å²) < 4.78 is 11.4. The van der Waals surface area contributed by atoms with Crippen LogP contribution in [0.2, 0.25) is 0 Å². The molecule has 8 aromatic rings. The maximum atomic E-state index is 6.78. The number of hydrogen-bond donors (Lipinski definition) is 0. The molecular formula is C35H24BN5O. The third kappa shape index (κ3) is 2.53. The molecule has 12 rings (SSSR count). The molecule has 2 bridgehead atoms. The van der Waals surface area contributed by atoms with E-state index in [1.54, 1.807) is 0 Å². The Bertz CT molecular complexity index is 2450. The van der Waals surface area contributed by atoms with Crippen molar-refractivity contribution >= 4 is 73.1 Å². The Labute approximate surface area is 240 Å². The number of furan rings is 1. The zero-order valence-corrected chi connectivity index (χ0v) is 22.8. The van der Waals surface area contributed by atoms with Gasteiger partial charge >= 0.3 is 0 Å². The molecular weight excluding hydrogens is 517 g/mol. The maximum absolute atomic E-state index is 6.78. The van der Waals surface area contributed by atoms with Crippen LogP contribution in [-0.2, 0) is 0 Å². The highest BCUT2D eigenvalue weighted by atomic mass is 16.3. The van der Waals surface area contributed by atoms with E-state index in [4.69, 9.17) is 19.4 Å². The Hall–Kier alpha value is -4.91. The van der Waals surface area contributed by atoms with Crippen molar-refractivity contribution in [3.05, 3.63) is 96.3 Å². The summed E-state index contributed by atoms with van der Waals surface area (Å²) >= 11 is 0. The lowest BCUT2D eigenvalue weighted by atomic mass is 9.37. The van der Waals surface area contributed by atoms with E-state index in [1.807, 2.05) is 6.07 Å². The molecule has 4 aromatic heterocycles. The molecule has 0 N–H and O–H groups in total. The molecule has 0 spiro atoms. The van der Waals surface area contributed by atoms with Crippen molar-refractivity contribution in [3.8, 4) is 5.69 Å². The van der Waals surface area contributed by atoms with Gasteiger partial charge in [-0.3, -0.25) is 8.97 Å². The summed E-state index contributed by atoms with van der Waals surface area (Å²) in [4.78, 5) is 16.0. The Morgan fingerprint density at radius 3 is 2.38 bits per heavy atom. The quantitative estimate of drug-likeness (QED) is 0.250. The lowest BCUT2D eigenvalue weighted by molar-refractivity contribution is 0.344. The fourth-order valence-corrected chi connectivity index (χ4v) is 8.44. The number of benzene rings is 4. The Kier molecular flexibility index (Phi) is 3.88. The molecule has 3 aliphatic carbocycles. The van der Waals surface area contributed by atoms with Gasteiger partial charge in [0, 0.05) is 22.6 Å². The minimum atomic E-state index is -0.0348. The molecule has 6 nitrogen and oxygen atoms in total. The predicted octanol–water partition coefficient (Wildman–Crippen LogP) is 5.71. The highest BCUT2D eigenvalue weighted by Crippen LogP contribution is 2.48. The molecule has 0 atom stereocenters. The van der Waals surface area contributed by atoms with Crippen molar-refractivity contribution in [2.45, 2.75) is 37.5 Å². The van der Waals surface area contributed by atoms with Gasteiger partial charge < -0.3 is 4.42 Å². The lowest BCUT2D eigenvalue weighted by Gasteiger charge is -2.35. The van der Waals surface area contributed by atoms with Gasteiger partial charge in [-0.15, -0.1) is 0 Å². The first-order valence-electron chi connectivity index (χ1n) is 15.1. The summed E-state index contributed by atoms with van der Waals surface area (Å²) in [5.41, 5.74) is 11.6. The number of aromatic nitrogens is 5. The number of rotatable bonds is 1. The molecule has 4 aliphatic rings. The highest BCUT2D eigenvalue weighted by Gasteiger charge is 2.40. The topological polar surface area (TPSA) is 61.2 Å². The third-order valence-corrected chi connectivity index (χ3v) is 10.3. The van der Waals surface area contributed by atoms with Crippen LogP contribution < -0.4 is 16.6 Å². The van der Waals surface area contributed by atoms with Crippen molar-refractivity contribution in [2.24, 2.45) is 0 Å². The largest absolute Gasteiger partial charge is 0.468 e. The summed E-state index contributed by atoms with van der Waals surface area (Å²) in [6.07, 6.45) is 4.88. The van der Waals surface area contributed by atoms with Gasteiger partial charge in [0.15, 0.2) is 11.3 Å². The van der Waals surface area contributed by atoms with Crippen LogP contribution in [0.5, 0.6) is 0 Å². The minimum absolute atomic E-state index is 0.0348. The predicted molar refractivity (Wildman–Crippen MR) is 167 cm³/mol. The molecule has 1 fully saturated rings. The standard InChI is InChI=1S/C35H24BN5O/c1-2-8-22(9-3-1)36-24-18-17-19-7-6-11-25-27(19)31(24)41(30-23-10-4-5-12-26(23)42-32(30)36)35-39-33-34(40(25)35)38-29-21-15-13-20(14-16-21)28(29)37-33/h1-12,17-18,20-21H,13-16H2. The first-order chi connectivity index (χ1) is 20.8. The molecule has 1 aliphatic heterocycles. The van der Waals surface area contributed by atoms with Crippen LogP contribution in [0.4, 0.5) is 0 Å². The third-order valence-electron chi connectivity index (χ3n) is 10.3. The number of fused-ring (bicyclic) bond motifs is 11. The van der Waals surface area contributed by atoms with E-state index < -0.39 is 0 Å². The van der Waals surface area contributed by atoms with Crippen LogP contribution in [0.15, 0.2) is 89.3 Å². The zero-order valence-electron chi connectivity index (χ0n) is 22.8. The lowest BCUT2D eigenvalue weighted by Crippen LogP contribution is -2.55. The van der Waals surface area contributed by atoms with Gasteiger partial charge in [-0.2, -0.15) is 4.98 Å². The smallest absolute Gasteiger partial charge is 0.292 e. The zero-order chi connectivity index (χ0) is 27.1. The minimum Gasteiger partial charge on any atom is -0.468 e. The second-order valence-electron chi connectivity index (χ2n) is 12.3. The molecule has 0 amide bonds. The van der Waals surface area contributed by atoms with Gasteiger partial charge in [0.1, 0.15) is 5.58 Å². The van der Waals surface area contributed by atoms with Gasteiger partial charge in [0.05, 0.1) is 33.8 Å².